The van der Waals surface area contributed by atoms with Crippen molar-refractivity contribution < 1.29 is 14.3 Å². The zero-order chi connectivity index (χ0) is 22.5. The summed E-state index contributed by atoms with van der Waals surface area (Å²) in [5.41, 5.74) is 1.52. The molecule has 2 N–H and O–H groups in total. The van der Waals surface area contributed by atoms with Crippen molar-refractivity contribution in [2.75, 3.05) is 11.9 Å². The number of benzene rings is 2. The van der Waals surface area contributed by atoms with Gasteiger partial charge in [0.25, 0.3) is 5.91 Å². The average molecular weight is 465 g/mol. The Balaban J connectivity index is 1.37. The number of carbonyl (C=O) groups is 2. The van der Waals surface area contributed by atoms with Crippen molar-refractivity contribution in [2.45, 2.75) is 19.3 Å². The molecule has 0 radical (unpaired) electrons. The molecule has 0 unspecified atom stereocenters. The van der Waals surface area contributed by atoms with E-state index in [2.05, 4.69) is 15.5 Å². The first-order valence-electron chi connectivity index (χ1n) is 9.95. The van der Waals surface area contributed by atoms with E-state index < -0.39 is 5.92 Å². The SMILES string of the molecule is CCc1nnc([C@H]2C(=N)S/C(=C\c3ccc(OCC(=O)Nc4ccccc4)cc3)C2=O)s1. The lowest BCUT2D eigenvalue weighted by atomic mass is 10.1. The Morgan fingerprint density at radius 1 is 1.16 bits per heavy atom. The summed E-state index contributed by atoms with van der Waals surface area (Å²) in [5.74, 6) is -0.485. The number of rotatable bonds is 7. The minimum absolute atomic E-state index is 0.107. The van der Waals surface area contributed by atoms with Crippen LogP contribution in [0.15, 0.2) is 59.5 Å². The molecule has 0 spiro atoms. The molecule has 7 nitrogen and oxygen atoms in total. The van der Waals surface area contributed by atoms with E-state index in [1.165, 1.54) is 11.3 Å². The van der Waals surface area contributed by atoms with Gasteiger partial charge in [-0.1, -0.05) is 49.0 Å². The summed E-state index contributed by atoms with van der Waals surface area (Å²) in [7, 11) is 0. The Hall–Kier alpha value is -3.30. The molecule has 2 heterocycles. The van der Waals surface area contributed by atoms with Gasteiger partial charge in [-0.05, 0) is 42.3 Å². The topological polar surface area (TPSA) is 105 Å². The fraction of sp³-hybridized carbons (Fsp3) is 0.174. The van der Waals surface area contributed by atoms with Crippen LogP contribution < -0.4 is 10.1 Å². The maximum Gasteiger partial charge on any atom is 0.262 e. The van der Waals surface area contributed by atoms with E-state index in [-0.39, 0.29) is 23.3 Å². The fourth-order valence-electron chi connectivity index (χ4n) is 3.02. The van der Waals surface area contributed by atoms with E-state index in [9.17, 15) is 9.59 Å². The summed E-state index contributed by atoms with van der Waals surface area (Å²) in [6.45, 7) is 1.87. The van der Waals surface area contributed by atoms with Crippen molar-refractivity contribution in [3.05, 3.63) is 75.1 Å². The second-order valence-electron chi connectivity index (χ2n) is 6.93. The number of anilines is 1. The van der Waals surface area contributed by atoms with Crippen LogP contribution >= 0.6 is 23.1 Å². The van der Waals surface area contributed by atoms with E-state index in [0.717, 1.165) is 28.8 Å². The number of nitrogens with zero attached hydrogens (tertiary/aromatic N) is 2. The van der Waals surface area contributed by atoms with Crippen LogP contribution in [0.4, 0.5) is 5.69 Å². The Bertz CT molecular complexity index is 1170. The van der Waals surface area contributed by atoms with Crippen molar-refractivity contribution in [3.8, 4) is 5.75 Å². The predicted octanol–water partition coefficient (Wildman–Crippen LogP) is 4.54. The van der Waals surface area contributed by atoms with Crippen molar-refractivity contribution in [1.29, 1.82) is 5.41 Å². The Morgan fingerprint density at radius 2 is 1.91 bits per heavy atom. The highest BCUT2D eigenvalue weighted by molar-refractivity contribution is 8.19. The van der Waals surface area contributed by atoms with E-state index in [1.807, 2.05) is 37.3 Å². The molecule has 0 aliphatic carbocycles. The van der Waals surface area contributed by atoms with Gasteiger partial charge in [0.15, 0.2) is 12.4 Å². The van der Waals surface area contributed by atoms with Crippen molar-refractivity contribution in [1.82, 2.24) is 10.2 Å². The first-order valence-corrected chi connectivity index (χ1v) is 11.6. The molecule has 1 atom stereocenters. The number of thioether (sulfide) groups is 1. The minimum Gasteiger partial charge on any atom is -0.484 e. The first-order chi connectivity index (χ1) is 15.5. The summed E-state index contributed by atoms with van der Waals surface area (Å²) in [6.07, 6.45) is 2.51. The number of hydrogen-bond acceptors (Lipinski definition) is 8. The van der Waals surface area contributed by atoms with Gasteiger partial charge in [-0.2, -0.15) is 0 Å². The van der Waals surface area contributed by atoms with Gasteiger partial charge in [-0.3, -0.25) is 15.0 Å². The number of allylic oxidation sites excluding steroid dienone is 1. The minimum atomic E-state index is -0.658. The van der Waals surface area contributed by atoms with Gasteiger partial charge in [0, 0.05) is 5.69 Å². The molecule has 1 amide bonds. The Morgan fingerprint density at radius 3 is 2.59 bits per heavy atom. The second kappa shape index (κ2) is 9.88. The molecule has 1 saturated heterocycles. The maximum absolute atomic E-state index is 12.9. The Kier molecular flexibility index (Phi) is 6.77. The van der Waals surface area contributed by atoms with E-state index >= 15 is 0 Å². The van der Waals surface area contributed by atoms with Crippen LogP contribution in [0, 0.1) is 5.41 Å². The maximum atomic E-state index is 12.9. The van der Waals surface area contributed by atoms with Crippen LogP contribution in [0.5, 0.6) is 5.75 Å². The molecule has 2 aromatic carbocycles. The second-order valence-corrected chi connectivity index (χ2v) is 9.11. The number of aromatic nitrogens is 2. The van der Waals surface area contributed by atoms with Crippen molar-refractivity contribution in [3.63, 3.8) is 0 Å². The molecule has 1 fully saturated rings. The summed E-state index contributed by atoms with van der Waals surface area (Å²) in [4.78, 5) is 25.4. The third-order valence-corrected chi connectivity index (χ3v) is 6.75. The van der Waals surface area contributed by atoms with Gasteiger partial charge < -0.3 is 10.1 Å². The summed E-state index contributed by atoms with van der Waals surface area (Å²) >= 11 is 2.54. The molecule has 1 aliphatic rings. The lowest BCUT2D eigenvalue weighted by Crippen LogP contribution is -2.20. The molecular formula is C23H20N4O3S2. The van der Waals surface area contributed by atoms with Gasteiger partial charge in [0.1, 0.15) is 21.7 Å². The van der Waals surface area contributed by atoms with Crippen molar-refractivity contribution >= 4 is 51.6 Å². The van der Waals surface area contributed by atoms with Crippen LogP contribution in [0.3, 0.4) is 0 Å². The first kappa shape index (κ1) is 21.9. The van der Waals surface area contributed by atoms with Gasteiger partial charge in [0.2, 0.25) is 0 Å². The molecule has 0 bridgehead atoms. The fourth-order valence-corrected chi connectivity index (χ4v) is 4.97. The third-order valence-electron chi connectivity index (χ3n) is 4.62. The van der Waals surface area contributed by atoms with E-state index in [0.29, 0.717) is 21.3 Å². The molecule has 4 rings (SSSR count). The molecule has 3 aromatic rings. The molecular weight excluding hydrogens is 444 g/mol. The zero-order valence-electron chi connectivity index (χ0n) is 17.2. The van der Waals surface area contributed by atoms with Crippen LogP contribution in [-0.2, 0) is 16.0 Å². The smallest absolute Gasteiger partial charge is 0.262 e. The number of carbonyl (C=O) groups excluding carboxylic acids is 2. The number of para-hydroxylation sites is 1. The van der Waals surface area contributed by atoms with Crippen molar-refractivity contribution in [2.24, 2.45) is 0 Å². The summed E-state index contributed by atoms with van der Waals surface area (Å²) in [6, 6.07) is 16.3. The highest BCUT2D eigenvalue weighted by Crippen LogP contribution is 2.41. The number of nitrogens with one attached hydrogen (secondary N) is 2. The van der Waals surface area contributed by atoms with Gasteiger partial charge in [0.05, 0.1) is 9.95 Å². The molecule has 32 heavy (non-hydrogen) atoms. The van der Waals surface area contributed by atoms with Crippen LogP contribution in [-0.4, -0.2) is 33.5 Å². The van der Waals surface area contributed by atoms with E-state index in [1.54, 1.807) is 30.3 Å². The lowest BCUT2D eigenvalue weighted by Gasteiger charge is -2.07. The Labute approximate surface area is 193 Å². The zero-order valence-corrected chi connectivity index (χ0v) is 18.8. The van der Waals surface area contributed by atoms with Gasteiger partial charge in [-0.15, -0.1) is 21.5 Å². The molecule has 1 aliphatic heterocycles. The lowest BCUT2D eigenvalue weighted by molar-refractivity contribution is -0.118. The molecule has 162 valence electrons. The summed E-state index contributed by atoms with van der Waals surface area (Å²) in [5, 5.41) is 20.9. The number of ketones is 1. The average Bonchev–Trinajstić information content (AvgIpc) is 3.37. The highest BCUT2D eigenvalue weighted by Gasteiger charge is 2.39. The van der Waals surface area contributed by atoms with Crippen LogP contribution in [0.25, 0.3) is 6.08 Å². The monoisotopic (exact) mass is 464 g/mol. The van der Waals surface area contributed by atoms with Crippen LogP contribution in [0.2, 0.25) is 0 Å². The van der Waals surface area contributed by atoms with Gasteiger partial charge in [-0.25, -0.2) is 0 Å². The highest BCUT2D eigenvalue weighted by atomic mass is 32.2. The quantitative estimate of drug-likeness (QED) is 0.498. The number of ether oxygens (including phenoxy) is 1. The predicted molar refractivity (Wildman–Crippen MR) is 127 cm³/mol. The van der Waals surface area contributed by atoms with Crippen LogP contribution in [0.1, 0.15) is 28.4 Å². The van der Waals surface area contributed by atoms with Gasteiger partial charge >= 0.3 is 0 Å². The summed E-state index contributed by atoms with van der Waals surface area (Å²) < 4.78 is 5.54. The molecule has 9 heteroatoms. The number of amides is 1. The standard InChI is InChI=1S/C23H20N4O3S2/c1-2-19-26-27-23(32-19)20-21(29)17(31-22(20)24)12-14-8-10-16(11-9-14)30-13-18(28)25-15-6-4-3-5-7-15/h3-12,20,24H,2,13H2,1H3,(H,25,28)/b17-12-,24-22?/t20-/m1/s1. The largest absolute Gasteiger partial charge is 0.484 e. The molecule has 1 aromatic heterocycles. The molecule has 0 saturated carbocycles. The third kappa shape index (κ3) is 5.12. The van der Waals surface area contributed by atoms with E-state index in [4.69, 9.17) is 10.1 Å². The number of hydrogen-bond donors (Lipinski definition) is 2. The normalized spacial score (nSPS) is 17.0. The number of Topliss-reactive ketones (excluding diaryl/α,β-unsaturated/α-hetero) is 1. The number of aryl methyl sites for hydroxylation is 1.